The highest BCUT2D eigenvalue weighted by molar-refractivity contribution is 7.89. The van der Waals surface area contributed by atoms with Crippen LogP contribution in [-0.4, -0.2) is 38.3 Å². The molecule has 0 fully saturated rings. The SMILES string of the molecule is O=C(OCC(=O)N1CCc2ccccc2C1)c1cccc(S(=O)(=O)NCc2cccs2)c1. The van der Waals surface area contributed by atoms with Crippen molar-refractivity contribution in [2.45, 2.75) is 24.4 Å². The molecule has 0 aliphatic carbocycles. The third-order valence-electron chi connectivity index (χ3n) is 5.21. The molecular weight excluding hydrogens is 448 g/mol. The van der Waals surface area contributed by atoms with Gasteiger partial charge < -0.3 is 9.64 Å². The number of fused-ring (bicyclic) bond motifs is 1. The average Bonchev–Trinajstić information content (AvgIpc) is 3.35. The molecule has 0 unspecified atom stereocenters. The van der Waals surface area contributed by atoms with Crippen LogP contribution in [0.25, 0.3) is 0 Å². The summed E-state index contributed by atoms with van der Waals surface area (Å²) in [6, 6.07) is 17.2. The van der Waals surface area contributed by atoms with Crippen LogP contribution in [0, 0.1) is 0 Å². The molecule has 1 amide bonds. The first-order valence-electron chi connectivity index (χ1n) is 10.1. The Morgan fingerprint density at radius 3 is 2.62 bits per heavy atom. The molecule has 0 spiro atoms. The van der Waals surface area contributed by atoms with Gasteiger partial charge >= 0.3 is 5.97 Å². The van der Waals surface area contributed by atoms with Gasteiger partial charge in [0.15, 0.2) is 6.61 Å². The fraction of sp³-hybridized carbons (Fsp3) is 0.217. The smallest absolute Gasteiger partial charge is 0.338 e. The monoisotopic (exact) mass is 470 g/mol. The summed E-state index contributed by atoms with van der Waals surface area (Å²) >= 11 is 1.45. The molecule has 1 aliphatic heterocycles. The van der Waals surface area contributed by atoms with E-state index < -0.39 is 22.6 Å². The largest absolute Gasteiger partial charge is 0.452 e. The zero-order chi connectivity index (χ0) is 22.6. The van der Waals surface area contributed by atoms with E-state index in [4.69, 9.17) is 4.74 Å². The number of hydrogen-bond donors (Lipinski definition) is 1. The highest BCUT2D eigenvalue weighted by Crippen LogP contribution is 2.19. The lowest BCUT2D eigenvalue weighted by atomic mass is 10.00. The van der Waals surface area contributed by atoms with E-state index in [9.17, 15) is 18.0 Å². The molecule has 4 rings (SSSR count). The Balaban J connectivity index is 1.35. The highest BCUT2D eigenvalue weighted by Gasteiger charge is 2.22. The standard InChI is InChI=1S/C23H22N2O5S2/c26-22(25-11-10-17-5-1-2-6-19(17)15-25)16-30-23(27)18-7-3-9-21(13-18)32(28,29)24-14-20-8-4-12-31-20/h1-9,12-13,24H,10-11,14-16H2. The Labute approximate surface area is 190 Å². The minimum Gasteiger partial charge on any atom is -0.452 e. The van der Waals surface area contributed by atoms with E-state index in [0.29, 0.717) is 13.1 Å². The molecule has 166 valence electrons. The number of rotatable bonds is 7. The van der Waals surface area contributed by atoms with Crippen molar-refractivity contribution in [3.05, 3.63) is 87.6 Å². The van der Waals surface area contributed by atoms with Gasteiger partial charge in [0.2, 0.25) is 10.0 Å². The molecular formula is C23H22N2O5S2. The van der Waals surface area contributed by atoms with Crippen molar-refractivity contribution in [2.75, 3.05) is 13.2 Å². The van der Waals surface area contributed by atoms with Gasteiger partial charge in [-0.15, -0.1) is 11.3 Å². The van der Waals surface area contributed by atoms with Gasteiger partial charge in [-0.05, 0) is 47.2 Å². The summed E-state index contributed by atoms with van der Waals surface area (Å²) in [5.41, 5.74) is 2.38. The van der Waals surface area contributed by atoms with Gasteiger partial charge in [-0.25, -0.2) is 17.9 Å². The van der Waals surface area contributed by atoms with Crippen LogP contribution in [0.5, 0.6) is 0 Å². The number of amides is 1. The molecule has 3 aromatic rings. The highest BCUT2D eigenvalue weighted by atomic mass is 32.2. The van der Waals surface area contributed by atoms with E-state index in [1.54, 1.807) is 4.90 Å². The van der Waals surface area contributed by atoms with Crippen LogP contribution in [0.2, 0.25) is 0 Å². The first-order chi connectivity index (χ1) is 15.4. The number of thiophene rings is 1. The van der Waals surface area contributed by atoms with Crippen LogP contribution < -0.4 is 4.72 Å². The Kier molecular flexibility index (Phi) is 6.69. The lowest BCUT2D eigenvalue weighted by Crippen LogP contribution is -2.38. The van der Waals surface area contributed by atoms with Crippen LogP contribution in [0.1, 0.15) is 26.4 Å². The molecule has 0 saturated carbocycles. The topological polar surface area (TPSA) is 92.8 Å². The zero-order valence-corrected chi connectivity index (χ0v) is 18.8. The second-order valence-corrected chi connectivity index (χ2v) is 10.1. The van der Waals surface area contributed by atoms with Crippen molar-refractivity contribution < 1.29 is 22.7 Å². The molecule has 7 nitrogen and oxygen atoms in total. The predicted molar refractivity (Wildman–Crippen MR) is 121 cm³/mol. The second kappa shape index (κ2) is 9.64. The van der Waals surface area contributed by atoms with Crippen molar-refractivity contribution in [2.24, 2.45) is 0 Å². The summed E-state index contributed by atoms with van der Waals surface area (Å²) in [5.74, 6) is -1.03. The van der Waals surface area contributed by atoms with Crippen molar-refractivity contribution in [3.8, 4) is 0 Å². The van der Waals surface area contributed by atoms with E-state index in [1.165, 1.54) is 41.2 Å². The molecule has 2 heterocycles. The summed E-state index contributed by atoms with van der Waals surface area (Å²) in [4.78, 5) is 27.5. The summed E-state index contributed by atoms with van der Waals surface area (Å²) < 4.78 is 32.8. The van der Waals surface area contributed by atoms with E-state index in [1.807, 2.05) is 41.8 Å². The van der Waals surface area contributed by atoms with Crippen LogP contribution in [0.3, 0.4) is 0 Å². The van der Waals surface area contributed by atoms with Crippen LogP contribution in [-0.2, 0) is 39.1 Å². The van der Waals surface area contributed by atoms with Crippen molar-refractivity contribution >= 4 is 33.2 Å². The summed E-state index contributed by atoms with van der Waals surface area (Å²) in [7, 11) is -3.80. The lowest BCUT2D eigenvalue weighted by Gasteiger charge is -2.28. The quantitative estimate of drug-likeness (QED) is 0.536. The number of hydrogen-bond acceptors (Lipinski definition) is 6. The molecule has 0 bridgehead atoms. The van der Waals surface area contributed by atoms with Crippen LogP contribution >= 0.6 is 11.3 Å². The zero-order valence-electron chi connectivity index (χ0n) is 17.2. The van der Waals surface area contributed by atoms with Gasteiger partial charge in [0.05, 0.1) is 10.5 Å². The first kappa shape index (κ1) is 22.2. The summed E-state index contributed by atoms with van der Waals surface area (Å²) in [6.07, 6.45) is 0.758. The Morgan fingerprint density at radius 2 is 1.84 bits per heavy atom. The molecule has 2 aromatic carbocycles. The molecule has 0 radical (unpaired) electrons. The molecule has 0 saturated heterocycles. The van der Waals surface area contributed by atoms with Gasteiger partial charge in [0, 0.05) is 24.5 Å². The van der Waals surface area contributed by atoms with Gasteiger partial charge in [-0.2, -0.15) is 0 Å². The van der Waals surface area contributed by atoms with Crippen molar-refractivity contribution in [1.82, 2.24) is 9.62 Å². The van der Waals surface area contributed by atoms with Crippen molar-refractivity contribution in [1.29, 1.82) is 0 Å². The van der Waals surface area contributed by atoms with Gasteiger partial charge in [-0.1, -0.05) is 36.4 Å². The average molecular weight is 471 g/mol. The van der Waals surface area contributed by atoms with E-state index in [0.717, 1.165) is 16.9 Å². The van der Waals surface area contributed by atoms with Gasteiger partial charge in [-0.3, -0.25) is 4.79 Å². The summed E-state index contributed by atoms with van der Waals surface area (Å²) in [5, 5.41) is 1.87. The number of benzene rings is 2. The number of nitrogens with zero attached hydrogens (tertiary/aromatic N) is 1. The maximum absolute atomic E-state index is 12.6. The van der Waals surface area contributed by atoms with Crippen molar-refractivity contribution in [3.63, 3.8) is 0 Å². The van der Waals surface area contributed by atoms with Crippen LogP contribution in [0.15, 0.2) is 70.9 Å². The molecule has 9 heteroatoms. The first-order valence-corrected chi connectivity index (χ1v) is 12.4. The second-order valence-electron chi connectivity index (χ2n) is 7.34. The van der Waals surface area contributed by atoms with Gasteiger partial charge in [0.1, 0.15) is 0 Å². The maximum Gasteiger partial charge on any atom is 0.338 e. The fourth-order valence-electron chi connectivity index (χ4n) is 3.46. The minimum absolute atomic E-state index is 0.0394. The number of nitrogens with one attached hydrogen (secondary N) is 1. The van der Waals surface area contributed by atoms with E-state index >= 15 is 0 Å². The molecule has 1 N–H and O–H groups in total. The molecule has 1 aliphatic rings. The number of sulfonamides is 1. The third-order valence-corrected chi connectivity index (χ3v) is 7.48. The van der Waals surface area contributed by atoms with Crippen LogP contribution in [0.4, 0.5) is 0 Å². The number of ether oxygens (including phenoxy) is 1. The fourth-order valence-corrected chi connectivity index (χ4v) is 5.25. The Morgan fingerprint density at radius 1 is 1.03 bits per heavy atom. The minimum atomic E-state index is -3.80. The van der Waals surface area contributed by atoms with E-state index in [2.05, 4.69) is 4.72 Å². The Hall–Kier alpha value is -3.01. The number of carbonyl (C=O) groups is 2. The summed E-state index contributed by atoms with van der Waals surface area (Å²) in [6.45, 7) is 0.823. The lowest BCUT2D eigenvalue weighted by molar-refractivity contribution is -0.135. The normalized spacial score (nSPS) is 13.4. The third kappa shape index (κ3) is 5.24. The molecule has 0 atom stereocenters. The van der Waals surface area contributed by atoms with Gasteiger partial charge in [0.25, 0.3) is 5.91 Å². The predicted octanol–water partition coefficient (Wildman–Crippen LogP) is 2.97. The molecule has 32 heavy (non-hydrogen) atoms. The molecule has 1 aromatic heterocycles. The maximum atomic E-state index is 12.6. The Bertz CT molecular complexity index is 1220. The number of carbonyl (C=O) groups excluding carboxylic acids is 2. The van der Waals surface area contributed by atoms with E-state index in [-0.39, 0.29) is 22.9 Å². The number of esters is 1.